The van der Waals surface area contributed by atoms with Crippen LogP contribution < -0.4 is 4.74 Å². The molecule has 1 saturated heterocycles. The van der Waals surface area contributed by atoms with Gasteiger partial charge in [-0.15, -0.1) is 0 Å². The summed E-state index contributed by atoms with van der Waals surface area (Å²) in [5, 5.41) is 0. The Hall–Kier alpha value is -3.22. The maximum Gasteiger partial charge on any atom is 0.254 e. The third-order valence-electron chi connectivity index (χ3n) is 5.77. The predicted octanol–water partition coefficient (Wildman–Crippen LogP) is 4.03. The molecular weight excluding hydrogens is 414 g/mol. The molecule has 1 amide bonds. The van der Waals surface area contributed by atoms with Gasteiger partial charge < -0.3 is 14.4 Å². The van der Waals surface area contributed by atoms with E-state index in [-0.39, 0.29) is 5.91 Å². The fourth-order valence-corrected chi connectivity index (χ4v) is 3.88. The molecule has 2 aromatic carbocycles. The van der Waals surface area contributed by atoms with Crippen LogP contribution in [0.1, 0.15) is 27.9 Å². The van der Waals surface area contributed by atoms with Crippen molar-refractivity contribution in [3.8, 4) is 5.75 Å². The lowest BCUT2D eigenvalue weighted by atomic mass is 10.1. The number of para-hydroxylation sites is 1. The molecule has 4 rings (SSSR count). The summed E-state index contributed by atoms with van der Waals surface area (Å²) in [7, 11) is 0. The lowest BCUT2D eigenvalue weighted by molar-refractivity contribution is 0.0355. The number of carbonyl (C=O) groups is 1. The van der Waals surface area contributed by atoms with E-state index in [4.69, 9.17) is 9.47 Å². The van der Waals surface area contributed by atoms with Gasteiger partial charge >= 0.3 is 0 Å². The molecular formula is C27H31N3O3. The molecule has 1 aromatic heterocycles. The largest absolute Gasteiger partial charge is 0.489 e. The lowest BCUT2D eigenvalue weighted by Gasteiger charge is -2.28. The van der Waals surface area contributed by atoms with Gasteiger partial charge in [0.1, 0.15) is 12.4 Å². The first-order valence-electron chi connectivity index (χ1n) is 11.5. The fraction of sp³-hybridized carbons (Fsp3) is 0.333. The Kier molecular flexibility index (Phi) is 8.44. The molecule has 0 radical (unpaired) electrons. The number of hydrogen-bond acceptors (Lipinski definition) is 5. The summed E-state index contributed by atoms with van der Waals surface area (Å²) in [5.41, 5.74) is 2.81. The third kappa shape index (κ3) is 7.14. The second kappa shape index (κ2) is 12.1. The summed E-state index contributed by atoms with van der Waals surface area (Å²) in [5.74, 6) is 0.880. The summed E-state index contributed by atoms with van der Waals surface area (Å²) in [6.07, 6.45) is 4.47. The molecule has 0 saturated carbocycles. The van der Waals surface area contributed by atoms with E-state index in [1.54, 1.807) is 12.4 Å². The average Bonchev–Trinajstić information content (AvgIpc) is 2.89. The Labute approximate surface area is 195 Å². The van der Waals surface area contributed by atoms with Crippen molar-refractivity contribution in [1.29, 1.82) is 0 Å². The molecule has 0 spiro atoms. The van der Waals surface area contributed by atoms with E-state index in [1.165, 1.54) is 0 Å². The van der Waals surface area contributed by atoms with Crippen LogP contribution in [0.5, 0.6) is 5.75 Å². The minimum atomic E-state index is 0.0457. The van der Waals surface area contributed by atoms with E-state index in [2.05, 4.69) is 9.88 Å². The zero-order valence-corrected chi connectivity index (χ0v) is 18.9. The highest BCUT2D eigenvalue weighted by Crippen LogP contribution is 2.15. The number of pyridine rings is 1. The second-order valence-electron chi connectivity index (χ2n) is 8.19. The first-order chi connectivity index (χ1) is 16.3. The van der Waals surface area contributed by atoms with E-state index in [0.29, 0.717) is 25.3 Å². The van der Waals surface area contributed by atoms with Crippen LogP contribution in [-0.4, -0.2) is 60.1 Å². The van der Waals surface area contributed by atoms with Crippen LogP contribution in [0.4, 0.5) is 0 Å². The number of hydrogen-bond donors (Lipinski definition) is 0. The smallest absolute Gasteiger partial charge is 0.254 e. The summed E-state index contributed by atoms with van der Waals surface area (Å²) < 4.78 is 11.2. The Morgan fingerprint density at radius 3 is 2.39 bits per heavy atom. The lowest BCUT2D eigenvalue weighted by Crippen LogP contribution is -2.39. The van der Waals surface area contributed by atoms with Crippen molar-refractivity contribution in [2.75, 3.05) is 39.4 Å². The monoisotopic (exact) mass is 445 g/mol. The minimum absolute atomic E-state index is 0.0457. The number of morpholine rings is 1. The number of amides is 1. The number of nitrogens with zero attached hydrogens (tertiary/aromatic N) is 3. The summed E-state index contributed by atoms with van der Waals surface area (Å²) in [6.45, 7) is 6.23. The third-order valence-corrected chi connectivity index (χ3v) is 5.77. The van der Waals surface area contributed by atoms with E-state index < -0.39 is 0 Å². The van der Waals surface area contributed by atoms with Gasteiger partial charge in [0.25, 0.3) is 5.91 Å². The van der Waals surface area contributed by atoms with Crippen LogP contribution >= 0.6 is 0 Å². The van der Waals surface area contributed by atoms with Gasteiger partial charge in [-0.05, 0) is 53.9 Å². The molecule has 0 atom stereocenters. The fourth-order valence-electron chi connectivity index (χ4n) is 3.88. The molecule has 33 heavy (non-hydrogen) atoms. The number of benzene rings is 2. The molecule has 0 aliphatic carbocycles. The topological polar surface area (TPSA) is 54.9 Å². The van der Waals surface area contributed by atoms with Gasteiger partial charge in [0.05, 0.1) is 13.2 Å². The van der Waals surface area contributed by atoms with Crippen molar-refractivity contribution in [3.63, 3.8) is 0 Å². The maximum atomic E-state index is 13.4. The Balaban J connectivity index is 1.37. The van der Waals surface area contributed by atoms with E-state index in [9.17, 15) is 4.79 Å². The quantitative estimate of drug-likeness (QED) is 0.472. The van der Waals surface area contributed by atoms with Crippen molar-refractivity contribution < 1.29 is 14.3 Å². The number of carbonyl (C=O) groups excluding carboxylic acids is 1. The number of aromatic nitrogens is 1. The zero-order chi connectivity index (χ0) is 22.7. The van der Waals surface area contributed by atoms with Gasteiger partial charge in [-0.25, -0.2) is 0 Å². The van der Waals surface area contributed by atoms with Crippen LogP contribution in [0.2, 0.25) is 0 Å². The van der Waals surface area contributed by atoms with Crippen molar-refractivity contribution in [2.24, 2.45) is 0 Å². The van der Waals surface area contributed by atoms with E-state index in [1.807, 2.05) is 71.6 Å². The molecule has 1 aliphatic rings. The molecule has 1 aliphatic heterocycles. The van der Waals surface area contributed by atoms with Crippen LogP contribution in [0.15, 0.2) is 79.1 Å². The molecule has 0 bridgehead atoms. The van der Waals surface area contributed by atoms with Gasteiger partial charge in [-0.1, -0.05) is 30.3 Å². The van der Waals surface area contributed by atoms with Gasteiger partial charge in [-0.2, -0.15) is 0 Å². The van der Waals surface area contributed by atoms with Gasteiger partial charge in [0, 0.05) is 50.7 Å². The Bertz CT molecular complexity index is 975. The zero-order valence-electron chi connectivity index (χ0n) is 18.9. The molecule has 6 nitrogen and oxygen atoms in total. The summed E-state index contributed by atoms with van der Waals surface area (Å²) in [6, 6.07) is 21.4. The van der Waals surface area contributed by atoms with Crippen molar-refractivity contribution in [3.05, 3.63) is 95.8 Å². The SMILES string of the molecule is O=C(c1ccc(COc2ccccc2)cc1)N(CCCN1CCOCC1)Cc1ccncc1. The van der Waals surface area contributed by atoms with Gasteiger partial charge in [0.15, 0.2) is 0 Å². The second-order valence-corrected chi connectivity index (χ2v) is 8.19. The van der Waals surface area contributed by atoms with Crippen molar-refractivity contribution in [2.45, 2.75) is 19.6 Å². The number of rotatable bonds is 10. The van der Waals surface area contributed by atoms with Gasteiger partial charge in [0.2, 0.25) is 0 Å². The molecule has 0 N–H and O–H groups in total. The summed E-state index contributed by atoms with van der Waals surface area (Å²) >= 11 is 0. The van der Waals surface area contributed by atoms with E-state index in [0.717, 1.165) is 56.1 Å². The highest BCUT2D eigenvalue weighted by atomic mass is 16.5. The first kappa shape index (κ1) is 23.0. The van der Waals surface area contributed by atoms with Crippen LogP contribution in [-0.2, 0) is 17.9 Å². The highest BCUT2D eigenvalue weighted by molar-refractivity contribution is 5.94. The Morgan fingerprint density at radius 1 is 0.939 bits per heavy atom. The maximum absolute atomic E-state index is 13.4. The minimum Gasteiger partial charge on any atom is -0.489 e. The van der Waals surface area contributed by atoms with Crippen LogP contribution in [0, 0.1) is 0 Å². The van der Waals surface area contributed by atoms with Crippen molar-refractivity contribution >= 4 is 5.91 Å². The molecule has 2 heterocycles. The molecule has 0 unspecified atom stereocenters. The van der Waals surface area contributed by atoms with Crippen LogP contribution in [0.3, 0.4) is 0 Å². The normalized spacial score (nSPS) is 14.1. The molecule has 3 aromatic rings. The van der Waals surface area contributed by atoms with Gasteiger partial charge in [-0.3, -0.25) is 14.7 Å². The molecule has 1 fully saturated rings. The molecule has 6 heteroatoms. The Morgan fingerprint density at radius 2 is 1.67 bits per heavy atom. The predicted molar refractivity (Wildman–Crippen MR) is 128 cm³/mol. The average molecular weight is 446 g/mol. The summed E-state index contributed by atoms with van der Waals surface area (Å²) in [4.78, 5) is 21.8. The highest BCUT2D eigenvalue weighted by Gasteiger charge is 2.17. The standard InChI is InChI=1S/C27H31N3O3/c31-27(25-9-7-24(8-10-25)22-33-26-5-2-1-3-6-26)30(21-23-11-13-28-14-12-23)16-4-15-29-17-19-32-20-18-29/h1-3,5-14H,4,15-22H2. The molecule has 172 valence electrons. The first-order valence-corrected chi connectivity index (χ1v) is 11.5. The van der Waals surface area contributed by atoms with E-state index >= 15 is 0 Å². The van der Waals surface area contributed by atoms with Crippen molar-refractivity contribution in [1.82, 2.24) is 14.8 Å². The van der Waals surface area contributed by atoms with Crippen LogP contribution in [0.25, 0.3) is 0 Å². The number of ether oxygens (including phenoxy) is 2.